The highest BCUT2D eigenvalue weighted by Crippen LogP contribution is 2.30. The average Bonchev–Trinajstić information content (AvgIpc) is 2.79. The minimum atomic E-state index is 0.158. The standard InChI is InChI=1S/C15H21NOS/c1-10(2)13(9-17)16-11(3)15-8-12-6-4-5-7-14(12)18-15/h4-8,10-11,13,16-17H,9H2,1-3H3/t11?,13-/m1/s1. The maximum absolute atomic E-state index is 9.37. The van der Waals surface area contributed by atoms with Gasteiger partial charge in [-0.3, -0.25) is 0 Å². The van der Waals surface area contributed by atoms with Crippen LogP contribution in [0.1, 0.15) is 31.7 Å². The first-order valence-electron chi connectivity index (χ1n) is 6.47. The first-order chi connectivity index (χ1) is 8.61. The van der Waals surface area contributed by atoms with Crippen LogP contribution in [0.2, 0.25) is 0 Å². The summed E-state index contributed by atoms with van der Waals surface area (Å²) in [6, 6.07) is 11.1. The molecule has 0 saturated carbocycles. The maximum atomic E-state index is 9.37. The zero-order valence-electron chi connectivity index (χ0n) is 11.2. The molecule has 18 heavy (non-hydrogen) atoms. The molecule has 0 spiro atoms. The third kappa shape index (κ3) is 2.91. The molecule has 2 rings (SSSR count). The second kappa shape index (κ2) is 5.83. The van der Waals surface area contributed by atoms with Crippen LogP contribution in [0.25, 0.3) is 10.1 Å². The Kier molecular flexibility index (Phi) is 4.38. The van der Waals surface area contributed by atoms with Crippen molar-refractivity contribution in [3.8, 4) is 0 Å². The van der Waals surface area contributed by atoms with Crippen LogP contribution < -0.4 is 5.32 Å². The third-order valence-electron chi connectivity index (χ3n) is 3.34. The number of fused-ring (bicyclic) bond motifs is 1. The van der Waals surface area contributed by atoms with Gasteiger partial charge in [0.2, 0.25) is 0 Å². The van der Waals surface area contributed by atoms with Gasteiger partial charge in [-0.25, -0.2) is 0 Å². The smallest absolute Gasteiger partial charge is 0.0587 e. The van der Waals surface area contributed by atoms with Gasteiger partial charge in [0.05, 0.1) is 6.61 Å². The Morgan fingerprint density at radius 2 is 1.94 bits per heavy atom. The molecule has 0 aliphatic carbocycles. The lowest BCUT2D eigenvalue weighted by atomic mass is 10.0. The van der Waals surface area contributed by atoms with E-state index in [2.05, 4.69) is 56.4 Å². The van der Waals surface area contributed by atoms with Gasteiger partial charge in [0.15, 0.2) is 0 Å². The lowest BCUT2D eigenvalue weighted by Gasteiger charge is -2.24. The van der Waals surface area contributed by atoms with Crippen LogP contribution in [0.15, 0.2) is 30.3 Å². The number of rotatable bonds is 5. The van der Waals surface area contributed by atoms with E-state index >= 15 is 0 Å². The van der Waals surface area contributed by atoms with Crippen molar-refractivity contribution in [3.05, 3.63) is 35.2 Å². The number of hydrogen-bond donors (Lipinski definition) is 2. The largest absolute Gasteiger partial charge is 0.395 e. The van der Waals surface area contributed by atoms with Gasteiger partial charge < -0.3 is 10.4 Å². The third-order valence-corrected chi connectivity index (χ3v) is 4.64. The summed E-state index contributed by atoms with van der Waals surface area (Å²) >= 11 is 1.83. The van der Waals surface area contributed by atoms with Crippen molar-refractivity contribution in [2.24, 2.45) is 5.92 Å². The van der Waals surface area contributed by atoms with Crippen molar-refractivity contribution in [2.45, 2.75) is 32.9 Å². The van der Waals surface area contributed by atoms with Crippen molar-refractivity contribution < 1.29 is 5.11 Å². The van der Waals surface area contributed by atoms with Gasteiger partial charge in [-0.15, -0.1) is 11.3 Å². The molecule has 1 unspecified atom stereocenters. The normalized spacial score (nSPS) is 15.2. The van der Waals surface area contributed by atoms with Gasteiger partial charge in [0, 0.05) is 21.7 Å². The van der Waals surface area contributed by atoms with Crippen molar-refractivity contribution in [2.75, 3.05) is 6.61 Å². The molecular formula is C15H21NOS. The van der Waals surface area contributed by atoms with E-state index in [0.29, 0.717) is 5.92 Å². The van der Waals surface area contributed by atoms with E-state index < -0.39 is 0 Å². The minimum Gasteiger partial charge on any atom is -0.395 e. The Labute approximate surface area is 113 Å². The van der Waals surface area contributed by atoms with E-state index in [1.807, 2.05) is 11.3 Å². The predicted molar refractivity (Wildman–Crippen MR) is 79.1 cm³/mol. The molecule has 2 aromatic rings. The van der Waals surface area contributed by atoms with Gasteiger partial charge in [-0.05, 0) is 30.4 Å². The first kappa shape index (κ1) is 13.5. The quantitative estimate of drug-likeness (QED) is 0.864. The molecule has 0 saturated heterocycles. The number of hydrogen-bond acceptors (Lipinski definition) is 3. The Morgan fingerprint density at radius 3 is 2.56 bits per heavy atom. The van der Waals surface area contributed by atoms with Crippen LogP contribution in [0.5, 0.6) is 0 Å². The number of aliphatic hydroxyl groups excluding tert-OH is 1. The van der Waals surface area contributed by atoms with E-state index in [0.717, 1.165) is 0 Å². The molecule has 3 heteroatoms. The van der Waals surface area contributed by atoms with Crippen LogP contribution >= 0.6 is 11.3 Å². The van der Waals surface area contributed by atoms with Gasteiger partial charge in [0.25, 0.3) is 0 Å². The summed E-state index contributed by atoms with van der Waals surface area (Å²) in [5, 5.41) is 14.2. The molecular weight excluding hydrogens is 242 g/mol. The first-order valence-corrected chi connectivity index (χ1v) is 7.29. The molecule has 0 radical (unpaired) electrons. The minimum absolute atomic E-state index is 0.158. The highest BCUT2D eigenvalue weighted by molar-refractivity contribution is 7.19. The van der Waals surface area contributed by atoms with Gasteiger partial charge in [-0.2, -0.15) is 0 Å². The molecule has 0 aliphatic heterocycles. The van der Waals surface area contributed by atoms with Crippen LogP contribution in [0, 0.1) is 5.92 Å². The Morgan fingerprint density at radius 1 is 1.22 bits per heavy atom. The number of aliphatic hydroxyl groups is 1. The monoisotopic (exact) mass is 263 g/mol. The highest BCUT2D eigenvalue weighted by Gasteiger charge is 2.17. The summed E-state index contributed by atoms with van der Waals surface area (Å²) in [7, 11) is 0. The summed E-state index contributed by atoms with van der Waals surface area (Å²) in [4.78, 5) is 1.33. The van der Waals surface area contributed by atoms with Gasteiger partial charge >= 0.3 is 0 Å². The molecule has 0 fully saturated rings. The maximum Gasteiger partial charge on any atom is 0.0587 e. The fraction of sp³-hybridized carbons (Fsp3) is 0.467. The van der Waals surface area contributed by atoms with E-state index in [1.165, 1.54) is 15.0 Å². The zero-order chi connectivity index (χ0) is 13.1. The molecule has 1 heterocycles. The summed E-state index contributed by atoms with van der Waals surface area (Å²) in [6.07, 6.45) is 0. The highest BCUT2D eigenvalue weighted by atomic mass is 32.1. The van der Waals surface area contributed by atoms with E-state index in [9.17, 15) is 5.11 Å². The molecule has 0 aliphatic rings. The van der Waals surface area contributed by atoms with E-state index in [4.69, 9.17) is 0 Å². The lowest BCUT2D eigenvalue weighted by Crippen LogP contribution is -2.38. The van der Waals surface area contributed by atoms with Gasteiger partial charge in [-0.1, -0.05) is 32.0 Å². The number of nitrogens with one attached hydrogen (secondary N) is 1. The molecule has 0 amide bonds. The Hall–Kier alpha value is -0.900. The van der Waals surface area contributed by atoms with Crippen LogP contribution in [0.4, 0.5) is 0 Å². The molecule has 98 valence electrons. The van der Waals surface area contributed by atoms with E-state index in [1.54, 1.807) is 0 Å². The fourth-order valence-electron chi connectivity index (χ4n) is 2.08. The summed E-state index contributed by atoms with van der Waals surface area (Å²) in [6.45, 7) is 6.61. The van der Waals surface area contributed by atoms with Crippen molar-refractivity contribution >= 4 is 21.4 Å². The number of thiophene rings is 1. The molecule has 1 aromatic heterocycles. The SMILES string of the molecule is CC(N[C@H](CO)C(C)C)c1cc2ccccc2s1. The van der Waals surface area contributed by atoms with Crippen molar-refractivity contribution in [1.82, 2.24) is 5.32 Å². The zero-order valence-corrected chi connectivity index (χ0v) is 12.0. The summed E-state index contributed by atoms with van der Waals surface area (Å²) < 4.78 is 1.33. The van der Waals surface area contributed by atoms with Crippen LogP contribution in [-0.4, -0.2) is 17.8 Å². The van der Waals surface area contributed by atoms with Crippen molar-refractivity contribution in [1.29, 1.82) is 0 Å². The summed E-state index contributed by atoms with van der Waals surface area (Å²) in [5.74, 6) is 0.437. The predicted octanol–water partition coefficient (Wildman–Crippen LogP) is 3.57. The lowest BCUT2D eigenvalue weighted by molar-refractivity contribution is 0.202. The molecule has 2 atom stereocenters. The topological polar surface area (TPSA) is 32.3 Å². The molecule has 2 N–H and O–H groups in total. The van der Waals surface area contributed by atoms with Crippen LogP contribution in [-0.2, 0) is 0 Å². The molecule has 2 nitrogen and oxygen atoms in total. The van der Waals surface area contributed by atoms with Crippen molar-refractivity contribution in [3.63, 3.8) is 0 Å². The van der Waals surface area contributed by atoms with E-state index in [-0.39, 0.29) is 18.7 Å². The molecule has 0 bridgehead atoms. The fourth-order valence-corrected chi connectivity index (χ4v) is 3.15. The van der Waals surface area contributed by atoms with Crippen LogP contribution in [0.3, 0.4) is 0 Å². The Balaban J connectivity index is 2.15. The average molecular weight is 263 g/mol. The number of benzene rings is 1. The second-order valence-corrected chi connectivity index (χ2v) is 6.22. The Bertz CT molecular complexity index is 473. The second-order valence-electron chi connectivity index (χ2n) is 5.11. The molecule has 1 aromatic carbocycles. The van der Waals surface area contributed by atoms with Gasteiger partial charge in [0.1, 0.15) is 0 Å². The summed E-state index contributed by atoms with van der Waals surface area (Å²) in [5.41, 5.74) is 0.